The number of carbonyl (C=O) groups is 2. The molecule has 0 unspecified atom stereocenters. The van der Waals surface area contributed by atoms with Crippen LogP contribution in [0.4, 0.5) is 0 Å². The summed E-state index contributed by atoms with van der Waals surface area (Å²) in [6.07, 6.45) is 0. The Morgan fingerprint density at radius 3 is 2.20 bits per heavy atom. The van der Waals surface area contributed by atoms with E-state index in [9.17, 15) is 9.59 Å². The van der Waals surface area contributed by atoms with Crippen LogP contribution >= 0.6 is 11.3 Å². The van der Waals surface area contributed by atoms with Gasteiger partial charge in [-0.25, -0.2) is 4.79 Å². The lowest BCUT2D eigenvalue weighted by Gasteiger charge is -2.07. The van der Waals surface area contributed by atoms with Crippen molar-refractivity contribution in [2.24, 2.45) is 0 Å². The van der Waals surface area contributed by atoms with Crippen LogP contribution in [0.2, 0.25) is 0 Å². The second kappa shape index (κ2) is 5.75. The molecule has 0 saturated heterocycles. The number of carbonyl (C=O) groups excluding carboxylic acids is 1. The normalized spacial score (nSPS) is 10.1. The maximum absolute atomic E-state index is 12.4. The summed E-state index contributed by atoms with van der Waals surface area (Å²) in [6.45, 7) is 0. The van der Waals surface area contributed by atoms with E-state index in [1.165, 1.54) is 20.3 Å². The third kappa shape index (κ3) is 2.65. The fourth-order valence-electron chi connectivity index (χ4n) is 1.75. The van der Waals surface area contributed by atoms with E-state index in [1.54, 1.807) is 23.6 Å². The topological polar surface area (TPSA) is 72.8 Å². The fourth-order valence-corrected chi connectivity index (χ4v) is 2.48. The molecule has 1 heterocycles. The molecule has 2 aromatic rings. The van der Waals surface area contributed by atoms with Crippen molar-refractivity contribution in [1.82, 2.24) is 0 Å². The van der Waals surface area contributed by atoms with Gasteiger partial charge in [0.2, 0.25) is 0 Å². The van der Waals surface area contributed by atoms with Gasteiger partial charge in [0, 0.05) is 17.2 Å². The van der Waals surface area contributed by atoms with Gasteiger partial charge in [0.25, 0.3) is 0 Å². The Bertz CT molecular complexity index is 637. The van der Waals surface area contributed by atoms with Gasteiger partial charge in [0.15, 0.2) is 5.78 Å². The Balaban J connectivity index is 2.47. The number of aromatic carboxylic acids is 1. The van der Waals surface area contributed by atoms with E-state index in [0.29, 0.717) is 17.1 Å². The van der Waals surface area contributed by atoms with Crippen LogP contribution in [-0.4, -0.2) is 31.1 Å². The first-order valence-corrected chi connectivity index (χ1v) is 6.53. The van der Waals surface area contributed by atoms with Crippen molar-refractivity contribution in [3.63, 3.8) is 0 Å². The van der Waals surface area contributed by atoms with Crippen LogP contribution in [0.1, 0.15) is 25.6 Å². The number of benzene rings is 1. The molecule has 0 bridgehead atoms. The number of hydrogen-bond acceptors (Lipinski definition) is 5. The highest BCUT2D eigenvalue weighted by Gasteiger charge is 2.20. The SMILES string of the molecule is COc1cc(OC)cc(C(=O)c2ccsc2C(=O)O)c1. The number of carboxylic acids is 1. The molecule has 0 aliphatic carbocycles. The second-order valence-corrected chi connectivity index (χ2v) is 4.82. The minimum absolute atomic E-state index is 0.0248. The number of hydrogen-bond donors (Lipinski definition) is 1. The van der Waals surface area contributed by atoms with Gasteiger partial charge in [0.1, 0.15) is 16.4 Å². The Morgan fingerprint density at radius 2 is 1.70 bits per heavy atom. The van der Waals surface area contributed by atoms with Crippen molar-refractivity contribution in [3.8, 4) is 11.5 Å². The van der Waals surface area contributed by atoms with Crippen molar-refractivity contribution < 1.29 is 24.2 Å². The molecule has 0 atom stereocenters. The Hall–Kier alpha value is -2.34. The molecule has 5 nitrogen and oxygen atoms in total. The van der Waals surface area contributed by atoms with E-state index in [-0.39, 0.29) is 16.2 Å². The van der Waals surface area contributed by atoms with E-state index in [0.717, 1.165) is 11.3 Å². The molecule has 6 heteroatoms. The van der Waals surface area contributed by atoms with Crippen LogP contribution in [0, 0.1) is 0 Å². The average Bonchev–Trinajstić information content (AvgIpc) is 2.95. The summed E-state index contributed by atoms with van der Waals surface area (Å²) >= 11 is 1.02. The first-order valence-electron chi connectivity index (χ1n) is 5.65. The van der Waals surface area contributed by atoms with Crippen molar-refractivity contribution in [2.45, 2.75) is 0 Å². The van der Waals surface area contributed by atoms with Gasteiger partial charge in [0.05, 0.1) is 14.2 Å². The fraction of sp³-hybridized carbons (Fsp3) is 0.143. The molecule has 0 radical (unpaired) electrons. The predicted molar refractivity (Wildman–Crippen MR) is 74.3 cm³/mol. The maximum Gasteiger partial charge on any atom is 0.346 e. The summed E-state index contributed by atoms with van der Waals surface area (Å²) in [5, 5.41) is 10.6. The van der Waals surface area contributed by atoms with Gasteiger partial charge in [-0.15, -0.1) is 11.3 Å². The molecule has 0 saturated carbocycles. The van der Waals surface area contributed by atoms with Gasteiger partial charge in [-0.2, -0.15) is 0 Å². The molecule has 0 spiro atoms. The number of rotatable bonds is 5. The Morgan fingerprint density at radius 1 is 1.10 bits per heavy atom. The molecule has 0 fully saturated rings. The molecular formula is C14H12O5S. The second-order valence-electron chi connectivity index (χ2n) is 3.90. The zero-order valence-electron chi connectivity index (χ0n) is 10.9. The molecule has 0 amide bonds. The van der Waals surface area contributed by atoms with Gasteiger partial charge in [-0.05, 0) is 23.6 Å². The van der Waals surface area contributed by atoms with Gasteiger partial charge < -0.3 is 14.6 Å². The van der Waals surface area contributed by atoms with Gasteiger partial charge >= 0.3 is 5.97 Å². The minimum atomic E-state index is -1.11. The zero-order valence-corrected chi connectivity index (χ0v) is 11.7. The molecule has 20 heavy (non-hydrogen) atoms. The van der Waals surface area contributed by atoms with Gasteiger partial charge in [-0.1, -0.05) is 0 Å². The third-order valence-corrected chi connectivity index (χ3v) is 3.62. The summed E-state index contributed by atoms with van der Waals surface area (Å²) in [6, 6.07) is 6.24. The first-order chi connectivity index (χ1) is 9.56. The van der Waals surface area contributed by atoms with Crippen molar-refractivity contribution in [3.05, 3.63) is 45.6 Å². The standard InChI is InChI=1S/C14H12O5S/c1-18-9-5-8(6-10(7-9)19-2)12(15)11-3-4-20-13(11)14(16)17/h3-7H,1-2H3,(H,16,17). The smallest absolute Gasteiger partial charge is 0.346 e. The van der Waals surface area contributed by atoms with Crippen molar-refractivity contribution in [1.29, 1.82) is 0 Å². The third-order valence-electron chi connectivity index (χ3n) is 2.72. The molecule has 2 rings (SSSR count). The van der Waals surface area contributed by atoms with Crippen LogP contribution < -0.4 is 9.47 Å². The largest absolute Gasteiger partial charge is 0.497 e. The van der Waals surface area contributed by atoms with E-state index in [1.807, 2.05) is 0 Å². The summed E-state index contributed by atoms with van der Waals surface area (Å²) < 4.78 is 10.2. The molecule has 0 aliphatic heterocycles. The summed E-state index contributed by atoms with van der Waals surface area (Å²) in [5.74, 6) is -0.543. The maximum atomic E-state index is 12.4. The van der Waals surface area contributed by atoms with Crippen LogP contribution in [0.15, 0.2) is 29.6 Å². The number of ketones is 1. The molecule has 0 aliphatic rings. The molecular weight excluding hydrogens is 280 g/mol. The zero-order chi connectivity index (χ0) is 14.7. The lowest BCUT2D eigenvalue weighted by molar-refractivity contribution is 0.0698. The van der Waals surface area contributed by atoms with E-state index >= 15 is 0 Å². The van der Waals surface area contributed by atoms with Crippen LogP contribution in [0.3, 0.4) is 0 Å². The quantitative estimate of drug-likeness (QED) is 0.858. The van der Waals surface area contributed by atoms with Crippen molar-refractivity contribution >= 4 is 23.1 Å². The lowest BCUT2D eigenvalue weighted by atomic mass is 10.0. The molecule has 1 aromatic heterocycles. The summed E-state index contributed by atoms with van der Waals surface area (Å²) in [5.41, 5.74) is 0.486. The highest BCUT2D eigenvalue weighted by atomic mass is 32.1. The van der Waals surface area contributed by atoms with Crippen LogP contribution in [0.5, 0.6) is 11.5 Å². The van der Waals surface area contributed by atoms with E-state index < -0.39 is 5.97 Å². The van der Waals surface area contributed by atoms with E-state index in [4.69, 9.17) is 14.6 Å². The minimum Gasteiger partial charge on any atom is -0.497 e. The Kier molecular flexibility index (Phi) is 4.05. The van der Waals surface area contributed by atoms with Crippen LogP contribution in [0.25, 0.3) is 0 Å². The number of methoxy groups -OCH3 is 2. The molecule has 1 aromatic carbocycles. The van der Waals surface area contributed by atoms with Crippen molar-refractivity contribution in [2.75, 3.05) is 14.2 Å². The first kappa shape index (κ1) is 14.1. The molecule has 104 valence electrons. The summed E-state index contributed by atoms with van der Waals surface area (Å²) in [4.78, 5) is 23.5. The Labute approximate surface area is 119 Å². The predicted octanol–water partition coefficient (Wildman–Crippen LogP) is 2.69. The molecule has 1 N–H and O–H groups in total. The highest BCUT2D eigenvalue weighted by Crippen LogP contribution is 2.26. The van der Waals surface area contributed by atoms with E-state index in [2.05, 4.69) is 0 Å². The average molecular weight is 292 g/mol. The number of ether oxygens (including phenoxy) is 2. The highest BCUT2D eigenvalue weighted by molar-refractivity contribution is 7.12. The monoisotopic (exact) mass is 292 g/mol. The lowest BCUT2D eigenvalue weighted by Crippen LogP contribution is -2.07. The van der Waals surface area contributed by atoms with Crippen LogP contribution in [-0.2, 0) is 0 Å². The summed E-state index contributed by atoms with van der Waals surface area (Å²) in [7, 11) is 2.96. The number of thiophene rings is 1. The van der Waals surface area contributed by atoms with Gasteiger partial charge in [-0.3, -0.25) is 4.79 Å². The number of carboxylic acid groups (broad SMARTS) is 1.